The summed E-state index contributed by atoms with van der Waals surface area (Å²) in [5.74, 6) is 0.507. The first-order chi connectivity index (χ1) is 16.3. The minimum Gasteiger partial charge on any atom is -0.483 e. The lowest BCUT2D eigenvalue weighted by Crippen LogP contribution is -2.51. The highest BCUT2D eigenvalue weighted by molar-refractivity contribution is 5.79. The van der Waals surface area contributed by atoms with Gasteiger partial charge in [-0.2, -0.15) is 0 Å². The molecule has 0 saturated carbocycles. The summed E-state index contributed by atoms with van der Waals surface area (Å²) in [5.41, 5.74) is 1.37. The van der Waals surface area contributed by atoms with Crippen LogP contribution in [0.3, 0.4) is 0 Å². The zero-order valence-electron chi connectivity index (χ0n) is 19.7. The van der Waals surface area contributed by atoms with Crippen LogP contribution in [0.4, 0.5) is 0 Å². The van der Waals surface area contributed by atoms with Crippen molar-refractivity contribution in [3.05, 3.63) is 65.7 Å². The van der Waals surface area contributed by atoms with Gasteiger partial charge in [-0.3, -0.25) is 9.59 Å². The van der Waals surface area contributed by atoms with E-state index in [-0.39, 0.29) is 30.3 Å². The van der Waals surface area contributed by atoms with E-state index in [2.05, 4.69) is 0 Å². The number of aliphatic hydroxyl groups excluding tert-OH is 2. The van der Waals surface area contributed by atoms with Gasteiger partial charge in [-0.1, -0.05) is 48.5 Å². The molecule has 4 rings (SSSR count). The predicted octanol–water partition coefficient (Wildman–Crippen LogP) is 2.04. The maximum atomic E-state index is 12.9. The summed E-state index contributed by atoms with van der Waals surface area (Å²) in [5, 5.41) is 21.7. The fraction of sp³-hybridized carbons (Fsp3) is 0.481. The van der Waals surface area contributed by atoms with E-state index in [0.29, 0.717) is 51.1 Å². The highest BCUT2D eigenvalue weighted by Gasteiger charge is 2.40. The van der Waals surface area contributed by atoms with E-state index < -0.39 is 12.2 Å². The van der Waals surface area contributed by atoms with Crippen LogP contribution in [0.25, 0.3) is 0 Å². The molecular formula is C27H34N2O5. The smallest absolute Gasteiger partial charge is 0.260 e. The number of aliphatic hydroxyl groups is 2. The number of ether oxygens (including phenoxy) is 1. The molecule has 0 unspecified atom stereocenters. The molecule has 0 radical (unpaired) electrons. The molecule has 2 aromatic rings. The van der Waals surface area contributed by atoms with E-state index in [4.69, 9.17) is 4.74 Å². The molecule has 1 spiro atoms. The molecule has 2 amide bonds. The van der Waals surface area contributed by atoms with Crippen LogP contribution in [0, 0.1) is 5.41 Å². The van der Waals surface area contributed by atoms with Crippen molar-refractivity contribution >= 4 is 11.8 Å². The molecule has 1 saturated heterocycles. The van der Waals surface area contributed by atoms with Crippen molar-refractivity contribution in [2.75, 3.05) is 33.3 Å². The van der Waals surface area contributed by atoms with Crippen molar-refractivity contribution in [1.29, 1.82) is 0 Å². The number of amides is 2. The Balaban J connectivity index is 1.48. The van der Waals surface area contributed by atoms with Gasteiger partial charge in [-0.05, 0) is 41.9 Å². The van der Waals surface area contributed by atoms with Gasteiger partial charge >= 0.3 is 0 Å². The molecule has 2 aromatic carbocycles. The van der Waals surface area contributed by atoms with E-state index in [9.17, 15) is 19.8 Å². The van der Waals surface area contributed by atoms with Gasteiger partial charge in [0.1, 0.15) is 5.75 Å². The van der Waals surface area contributed by atoms with Gasteiger partial charge in [0, 0.05) is 33.1 Å². The van der Waals surface area contributed by atoms with Gasteiger partial charge in [-0.25, -0.2) is 0 Å². The third kappa shape index (κ3) is 5.77. The van der Waals surface area contributed by atoms with Crippen LogP contribution >= 0.6 is 0 Å². The Bertz CT molecular complexity index is 988. The van der Waals surface area contributed by atoms with Crippen molar-refractivity contribution in [3.8, 4) is 5.75 Å². The maximum absolute atomic E-state index is 12.9. The lowest BCUT2D eigenvalue weighted by Gasteiger charge is -2.45. The first kappa shape index (κ1) is 24.2. The molecule has 0 aromatic heterocycles. The number of fused-ring (bicyclic) bond motifs is 1. The minimum atomic E-state index is -0.945. The summed E-state index contributed by atoms with van der Waals surface area (Å²) in [4.78, 5) is 29.2. The number of nitrogens with zero attached hydrogens (tertiary/aromatic N) is 2. The number of rotatable bonds is 2. The summed E-state index contributed by atoms with van der Waals surface area (Å²) >= 11 is 0. The molecule has 2 aliphatic heterocycles. The highest BCUT2D eigenvalue weighted by Crippen LogP contribution is 2.38. The molecule has 2 N–H and O–H groups in total. The largest absolute Gasteiger partial charge is 0.483 e. The van der Waals surface area contributed by atoms with Gasteiger partial charge in [-0.15, -0.1) is 0 Å². The number of hydrogen-bond acceptors (Lipinski definition) is 5. The Labute approximate surface area is 200 Å². The SMILES string of the molecule is CN1CC2(CCN(C(=O)Cc3ccccc3)CC2)C[C@@H](O)[C@@H](O)Cc2ccccc2OCC1=O. The molecule has 1 fully saturated rings. The number of carbonyl (C=O) groups is 2. The molecule has 34 heavy (non-hydrogen) atoms. The third-order valence-electron chi connectivity index (χ3n) is 7.21. The average molecular weight is 467 g/mol. The van der Waals surface area contributed by atoms with Crippen molar-refractivity contribution in [2.24, 2.45) is 5.41 Å². The Hall–Kier alpha value is -2.90. The standard InChI is InChI=1S/C27H34N2O5/c1-28-19-27(11-13-29(14-12-27)25(32)15-20-7-3-2-4-8-20)17-23(31)22(30)16-21-9-5-6-10-24(21)34-18-26(28)33/h2-10,22-23,30-31H,11-19H2,1H3/t22-,23+/m0/s1. The van der Waals surface area contributed by atoms with Crippen LogP contribution in [0.1, 0.15) is 30.4 Å². The summed E-state index contributed by atoms with van der Waals surface area (Å²) < 4.78 is 5.77. The summed E-state index contributed by atoms with van der Waals surface area (Å²) in [6, 6.07) is 17.0. The van der Waals surface area contributed by atoms with Crippen molar-refractivity contribution < 1.29 is 24.5 Å². The number of carbonyl (C=O) groups excluding carboxylic acids is 2. The Morgan fingerprint density at radius 1 is 1.03 bits per heavy atom. The normalized spacial score (nSPS) is 23.4. The summed E-state index contributed by atoms with van der Waals surface area (Å²) in [6.45, 7) is 1.50. The number of likely N-dealkylation sites (tertiary alicyclic amines) is 1. The topological polar surface area (TPSA) is 90.3 Å². The minimum absolute atomic E-state index is 0.0794. The van der Waals surface area contributed by atoms with Gasteiger partial charge < -0.3 is 24.7 Å². The lowest BCUT2D eigenvalue weighted by atomic mass is 9.72. The van der Waals surface area contributed by atoms with Gasteiger partial charge in [0.2, 0.25) is 5.91 Å². The van der Waals surface area contributed by atoms with Crippen molar-refractivity contribution in [2.45, 2.75) is 44.3 Å². The van der Waals surface area contributed by atoms with Crippen LogP contribution in [0.2, 0.25) is 0 Å². The quantitative estimate of drug-likeness (QED) is 0.707. The molecule has 2 aliphatic rings. The van der Waals surface area contributed by atoms with E-state index in [0.717, 1.165) is 11.1 Å². The monoisotopic (exact) mass is 466 g/mol. The Morgan fingerprint density at radius 2 is 1.71 bits per heavy atom. The maximum Gasteiger partial charge on any atom is 0.260 e. The molecule has 0 aliphatic carbocycles. The number of hydrogen-bond donors (Lipinski definition) is 2. The number of piperidine rings is 1. The van der Waals surface area contributed by atoms with E-state index in [1.807, 2.05) is 53.4 Å². The van der Waals surface area contributed by atoms with Crippen molar-refractivity contribution in [3.63, 3.8) is 0 Å². The average Bonchev–Trinajstić information content (AvgIpc) is 2.83. The van der Waals surface area contributed by atoms with Gasteiger partial charge in [0.25, 0.3) is 5.91 Å². The van der Waals surface area contributed by atoms with E-state index in [1.165, 1.54) is 0 Å². The molecule has 0 bridgehead atoms. The lowest BCUT2D eigenvalue weighted by molar-refractivity contribution is -0.138. The van der Waals surface area contributed by atoms with Crippen LogP contribution in [-0.4, -0.2) is 77.3 Å². The number of benzene rings is 2. The summed E-state index contributed by atoms with van der Waals surface area (Å²) in [7, 11) is 1.75. The van der Waals surface area contributed by atoms with Gasteiger partial charge in [0.05, 0.1) is 18.6 Å². The third-order valence-corrected chi connectivity index (χ3v) is 7.21. The van der Waals surface area contributed by atoms with Crippen LogP contribution in [-0.2, 0) is 22.4 Å². The first-order valence-corrected chi connectivity index (χ1v) is 12.0. The second-order valence-corrected chi connectivity index (χ2v) is 9.73. The summed E-state index contributed by atoms with van der Waals surface area (Å²) in [6.07, 6.45) is 0.417. The zero-order chi connectivity index (χ0) is 24.1. The van der Waals surface area contributed by atoms with E-state index >= 15 is 0 Å². The fourth-order valence-corrected chi connectivity index (χ4v) is 5.13. The second kappa shape index (κ2) is 10.6. The molecule has 182 valence electrons. The Kier molecular flexibility index (Phi) is 7.54. The number of para-hydroxylation sites is 1. The molecular weight excluding hydrogens is 432 g/mol. The molecule has 7 heteroatoms. The fourth-order valence-electron chi connectivity index (χ4n) is 5.13. The van der Waals surface area contributed by atoms with Gasteiger partial charge in [0.15, 0.2) is 6.61 Å². The van der Waals surface area contributed by atoms with Crippen LogP contribution < -0.4 is 4.74 Å². The van der Waals surface area contributed by atoms with E-state index in [1.54, 1.807) is 18.0 Å². The second-order valence-electron chi connectivity index (χ2n) is 9.73. The zero-order valence-corrected chi connectivity index (χ0v) is 19.7. The first-order valence-electron chi connectivity index (χ1n) is 12.0. The van der Waals surface area contributed by atoms with Crippen LogP contribution in [0.15, 0.2) is 54.6 Å². The number of likely N-dealkylation sites (N-methyl/N-ethyl adjacent to an activating group) is 1. The highest BCUT2D eigenvalue weighted by atomic mass is 16.5. The molecule has 2 heterocycles. The Morgan fingerprint density at radius 3 is 2.44 bits per heavy atom. The van der Waals surface area contributed by atoms with Crippen molar-refractivity contribution in [1.82, 2.24) is 9.80 Å². The molecule has 7 nitrogen and oxygen atoms in total. The predicted molar refractivity (Wildman–Crippen MR) is 128 cm³/mol. The van der Waals surface area contributed by atoms with Crippen LogP contribution in [0.5, 0.6) is 5.75 Å². The molecule has 2 atom stereocenters.